The van der Waals surface area contributed by atoms with Crippen LogP contribution in [-0.4, -0.2) is 97.9 Å². The minimum Gasteiger partial charge on any atom is -0.377 e. The molecule has 2 bridgehead atoms. The van der Waals surface area contributed by atoms with Crippen molar-refractivity contribution in [3.63, 3.8) is 0 Å². The fourth-order valence-electron chi connectivity index (χ4n) is 6.90. The molecule has 1 aromatic carbocycles. The van der Waals surface area contributed by atoms with Crippen LogP contribution in [-0.2, 0) is 20.8 Å². The monoisotopic (exact) mass is 660 g/mol. The number of rotatable bonds is 6. The Kier molecular flexibility index (Phi) is 6.72. The lowest BCUT2D eigenvalue weighted by Gasteiger charge is -2.36. The average molecular weight is 661 g/mol. The van der Waals surface area contributed by atoms with Gasteiger partial charge in [0.25, 0.3) is 5.91 Å². The smallest absolute Gasteiger partial charge is 0.377 e. The predicted octanol–water partition coefficient (Wildman–Crippen LogP) is 4.37. The summed E-state index contributed by atoms with van der Waals surface area (Å²) in [6.07, 6.45) is -0.897. The number of nitrogens with zero attached hydrogens (tertiary/aromatic N) is 5. The molecule has 45 heavy (non-hydrogen) atoms. The fourth-order valence-corrected chi connectivity index (χ4v) is 9.82. The zero-order chi connectivity index (χ0) is 31.2. The summed E-state index contributed by atoms with van der Waals surface area (Å²) >= 11 is 0.715. The van der Waals surface area contributed by atoms with Gasteiger partial charge in [-0.05, 0) is 62.1 Å². The van der Waals surface area contributed by atoms with Crippen LogP contribution >= 0.6 is 11.3 Å². The number of benzene rings is 1. The molecule has 4 fully saturated rings. The second-order valence-corrected chi connectivity index (χ2v) is 15.7. The van der Waals surface area contributed by atoms with Gasteiger partial charge in [0.05, 0.1) is 40.5 Å². The SMILES string of the molecule is CN1C[C@H]2C[C@@H]1CN2c1ccc(Nc2ncc(C(F)(F)F)c(-c3cc4c(s3)C(=O)N(C3COC3)CCS4(=O)=O)n2)c(C2CC2)c1. The van der Waals surface area contributed by atoms with Gasteiger partial charge in [-0.2, -0.15) is 13.2 Å². The standard InChI is InChI=1S/C30H31F3N6O4S2/c1-37-12-19-8-18(37)13-39(19)17-4-5-23(21(9-17)16-2-3-16)35-29-34-11-22(30(31,32)33)26(36-29)24-10-25-27(44-24)28(40)38(20-14-43-15-20)6-7-45(25,41)42/h4-5,9-11,16,18-20H,2-3,6-8,12-15H2,1H3,(H,34,35,36)/t18-,19-/m1/s1. The number of anilines is 3. The third-order valence-corrected chi connectivity index (χ3v) is 12.6. The van der Waals surface area contributed by atoms with Crippen molar-refractivity contribution >= 4 is 44.4 Å². The minimum absolute atomic E-state index is 0.000530. The predicted molar refractivity (Wildman–Crippen MR) is 162 cm³/mol. The number of fused-ring (bicyclic) bond motifs is 3. The molecule has 0 radical (unpaired) electrons. The number of piperazine rings is 1. The second kappa shape index (κ2) is 10.4. The van der Waals surface area contributed by atoms with Crippen molar-refractivity contribution in [2.24, 2.45) is 0 Å². The van der Waals surface area contributed by atoms with E-state index in [2.05, 4.69) is 38.2 Å². The molecule has 10 nitrogen and oxygen atoms in total. The van der Waals surface area contributed by atoms with E-state index in [4.69, 9.17) is 4.74 Å². The van der Waals surface area contributed by atoms with Gasteiger partial charge in [0.2, 0.25) is 5.95 Å². The molecule has 2 atom stereocenters. The second-order valence-electron chi connectivity index (χ2n) is 12.6. The Bertz CT molecular complexity index is 1810. The number of sulfone groups is 1. The molecule has 6 heterocycles. The van der Waals surface area contributed by atoms with E-state index in [1.54, 1.807) is 0 Å². The molecule has 1 N–H and O–H groups in total. The highest BCUT2D eigenvalue weighted by Crippen LogP contribution is 2.47. The molecule has 15 heteroatoms. The van der Waals surface area contributed by atoms with Crippen LogP contribution < -0.4 is 10.2 Å². The van der Waals surface area contributed by atoms with Gasteiger partial charge in [-0.3, -0.25) is 9.69 Å². The molecule has 1 amide bonds. The van der Waals surface area contributed by atoms with E-state index in [0.717, 1.165) is 55.4 Å². The highest BCUT2D eigenvalue weighted by Gasteiger charge is 2.43. The fraction of sp³-hybridized carbons (Fsp3) is 0.500. The van der Waals surface area contributed by atoms with Crippen molar-refractivity contribution in [1.29, 1.82) is 0 Å². The van der Waals surface area contributed by atoms with Crippen LogP contribution in [0.3, 0.4) is 0 Å². The zero-order valence-electron chi connectivity index (χ0n) is 24.4. The first-order valence-electron chi connectivity index (χ1n) is 15.0. The van der Waals surface area contributed by atoms with Gasteiger partial charge in [0.1, 0.15) is 10.4 Å². The molecule has 0 spiro atoms. The maximum atomic E-state index is 14.2. The summed E-state index contributed by atoms with van der Waals surface area (Å²) in [5.74, 6) is -0.544. The molecule has 1 aliphatic carbocycles. The lowest BCUT2D eigenvalue weighted by molar-refractivity contribution is -0.137. The van der Waals surface area contributed by atoms with Gasteiger partial charge in [-0.1, -0.05) is 0 Å². The maximum Gasteiger partial charge on any atom is 0.420 e. The van der Waals surface area contributed by atoms with Crippen molar-refractivity contribution in [2.75, 3.05) is 55.9 Å². The van der Waals surface area contributed by atoms with Crippen molar-refractivity contribution in [2.45, 2.75) is 54.4 Å². The Hall–Kier alpha value is -3.27. The van der Waals surface area contributed by atoms with E-state index >= 15 is 0 Å². The van der Waals surface area contributed by atoms with E-state index in [1.165, 1.54) is 4.90 Å². The summed E-state index contributed by atoms with van der Waals surface area (Å²) in [5.41, 5.74) is 1.37. The van der Waals surface area contributed by atoms with Crippen LogP contribution in [0.2, 0.25) is 0 Å². The number of alkyl halides is 3. The zero-order valence-corrected chi connectivity index (χ0v) is 26.0. The van der Waals surface area contributed by atoms with Gasteiger partial charge >= 0.3 is 6.18 Å². The topological polar surface area (TPSA) is 108 Å². The average Bonchev–Trinajstić information content (AvgIpc) is 3.43. The lowest BCUT2D eigenvalue weighted by atomic mass is 10.1. The molecule has 5 aliphatic rings. The van der Waals surface area contributed by atoms with E-state index in [9.17, 15) is 26.4 Å². The van der Waals surface area contributed by atoms with Crippen LogP contribution in [0.25, 0.3) is 10.6 Å². The van der Waals surface area contributed by atoms with Crippen LogP contribution in [0.5, 0.6) is 0 Å². The van der Waals surface area contributed by atoms with Crippen molar-refractivity contribution < 1.29 is 31.1 Å². The van der Waals surface area contributed by atoms with Gasteiger partial charge in [-0.25, -0.2) is 18.4 Å². The summed E-state index contributed by atoms with van der Waals surface area (Å²) in [7, 11) is -1.76. The van der Waals surface area contributed by atoms with E-state index < -0.39 is 33.2 Å². The molecule has 0 unspecified atom stereocenters. The number of nitrogens with one attached hydrogen (secondary N) is 1. The Balaban J connectivity index is 1.15. The maximum absolute atomic E-state index is 14.2. The van der Waals surface area contributed by atoms with Crippen LogP contribution in [0.4, 0.5) is 30.5 Å². The largest absolute Gasteiger partial charge is 0.420 e. The Labute approximate surface area is 262 Å². The number of aromatic nitrogens is 2. The lowest BCUT2D eigenvalue weighted by Crippen LogP contribution is -2.52. The quantitative estimate of drug-likeness (QED) is 0.413. The van der Waals surface area contributed by atoms with Gasteiger partial charge in [0, 0.05) is 49.3 Å². The molecule has 3 aromatic rings. The number of likely N-dealkylation sites (N-methyl/N-ethyl adjacent to an activating group) is 1. The summed E-state index contributed by atoms with van der Waals surface area (Å²) in [6.45, 7) is 2.58. The van der Waals surface area contributed by atoms with Crippen molar-refractivity contribution in [3.05, 3.63) is 46.5 Å². The molecule has 238 valence electrons. The number of halogens is 3. The first kappa shape index (κ1) is 29.2. The number of likely N-dealkylation sites (tertiary alicyclic amines) is 1. The summed E-state index contributed by atoms with van der Waals surface area (Å²) in [4.78, 5) is 27.6. The third-order valence-electron chi connectivity index (χ3n) is 9.62. The Morgan fingerprint density at radius 1 is 1.07 bits per heavy atom. The van der Waals surface area contributed by atoms with Crippen LogP contribution in [0.1, 0.15) is 46.0 Å². The van der Waals surface area contributed by atoms with Gasteiger partial charge < -0.3 is 19.9 Å². The molecule has 8 rings (SSSR count). The van der Waals surface area contributed by atoms with Crippen molar-refractivity contribution in [1.82, 2.24) is 19.8 Å². The number of amides is 1. The molecule has 4 aliphatic heterocycles. The normalized spacial score (nSPS) is 24.9. The summed E-state index contributed by atoms with van der Waals surface area (Å²) in [5, 5.41) is 3.16. The Morgan fingerprint density at radius 3 is 2.51 bits per heavy atom. The molecule has 3 saturated heterocycles. The highest BCUT2D eigenvalue weighted by atomic mass is 32.2. The number of carbonyl (C=O) groups excluding carboxylic acids is 1. The summed E-state index contributed by atoms with van der Waals surface area (Å²) in [6, 6.07) is 8.06. The van der Waals surface area contributed by atoms with E-state index in [-0.39, 0.29) is 38.9 Å². The highest BCUT2D eigenvalue weighted by molar-refractivity contribution is 7.91. The van der Waals surface area contributed by atoms with Crippen molar-refractivity contribution in [3.8, 4) is 10.6 Å². The number of hydrogen-bond donors (Lipinski definition) is 1. The molecular weight excluding hydrogens is 629 g/mol. The van der Waals surface area contributed by atoms with Gasteiger partial charge in [0.15, 0.2) is 9.84 Å². The number of ether oxygens (including phenoxy) is 1. The first-order chi connectivity index (χ1) is 21.5. The summed E-state index contributed by atoms with van der Waals surface area (Å²) < 4.78 is 74.2. The molecule has 2 aromatic heterocycles. The molecule has 1 saturated carbocycles. The number of carbonyl (C=O) groups is 1. The minimum atomic E-state index is -4.81. The number of hydrogen-bond acceptors (Lipinski definition) is 10. The first-order valence-corrected chi connectivity index (χ1v) is 17.5. The Morgan fingerprint density at radius 2 is 1.87 bits per heavy atom. The van der Waals surface area contributed by atoms with Crippen LogP contribution in [0, 0.1) is 0 Å². The third kappa shape index (κ3) is 5.07. The van der Waals surface area contributed by atoms with E-state index in [0.29, 0.717) is 48.7 Å². The van der Waals surface area contributed by atoms with E-state index in [1.807, 2.05) is 12.1 Å². The van der Waals surface area contributed by atoms with Crippen LogP contribution in [0.15, 0.2) is 35.4 Å². The number of thiophene rings is 1. The molecular formula is C30H31F3N6O4S2. The van der Waals surface area contributed by atoms with Gasteiger partial charge in [-0.15, -0.1) is 11.3 Å².